The van der Waals surface area contributed by atoms with Crippen LogP contribution in [0, 0.1) is 0 Å². The lowest BCUT2D eigenvalue weighted by molar-refractivity contribution is -0.115. The molecule has 154 valence electrons. The molecule has 0 bridgehead atoms. The van der Waals surface area contributed by atoms with Gasteiger partial charge in [0.2, 0.25) is 5.91 Å². The summed E-state index contributed by atoms with van der Waals surface area (Å²) in [4.78, 5) is 33.6. The standard InChI is InChI=1S/C25H22N4O2/c1-2-24(30)28-18-12-10-17(11-13-18)23-15-21(20-8-3-4-9-22(20)29-23)25(31)27-16-19-7-5-6-14-26-19/h3-15H,2,16H2,1H3,(H,27,31)(H,28,30). The first-order valence-corrected chi connectivity index (χ1v) is 10.1. The normalized spacial score (nSPS) is 10.6. The third kappa shape index (κ3) is 4.75. The summed E-state index contributed by atoms with van der Waals surface area (Å²) in [6, 6.07) is 22.4. The fourth-order valence-electron chi connectivity index (χ4n) is 3.25. The van der Waals surface area contributed by atoms with Crippen molar-refractivity contribution in [1.82, 2.24) is 15.3 Å². The molecule has 6 heteroatoms. The average molecular weight is 410 g/mol. The van der Waals surface area contributed by atoms with Gasteiger partial charge >= 0.3 is 0 Å². The van der Waals surface area contributed by atoms with Crippen molar-refractivity contribution in [2.45, 2.75) is 19.9 Å². The van der Waals surface area contributed by atoms with Gasteiger partial charge in [0, 0.05) is 29.3 Å². The maximum atomic E-state index is 13.0. The number of rotatable bonds is 6. The smallest absolute Gasteiger partial charge is 0.252 e. The summed E-state index contributed by atoms with van der Waals surface area (Å²) < 4.78 is 0. The number of carbonyl (C=O) groups excluding carboxylic acids is 2. The maximum absolute atomic E-state index is 13.0. The Kier molecular flexibility index (Phi) is 5.98. The molecular formula is C25H22N4O2. The molecule has 0 atom stereocenters. The van der Waals surface area contributed by atoms with Crippen LogP contribution >= 0.6 is 0 Å². The van der Waals surface area contributed by atoms with E-state index in [1.54, 1.807) is 12.3 Å². The van der Waals surface area contributed by atoms with E-state index in [-0.39, 0.29) is 11.8 Å². The van der Waals surface area contributed by atoms with Gasteiger partial charge in [-0.15, -0.1) is 0 Å². The highest BCUT2D eigenvalue weighted by Gasteiger charge is 2.14. The van der Waals surface area contributed by atoms with E-state index in [1.165, 1.54) is 0 Å². The fraction of sp³-hybridized carbons (Fsp3) is 0.120. The van der Waals surface area contributed by atoms with Gasteiger partial charge in [0.05, 0.1) is 29.0 Å². The number of carbonyl (C=O) groups is 2. The fourth-order valence-corrected chi connectivity index (χ4v) is 3.25. The molecule has 0 aliphatic heterocycles. The highest BCUT2D eigenvalue weighted by molar-refractivity contribution is 6.07. The highest BCUT2D eigenvalue weighted by atomic mass is 16.2. The molecule has 4 rings (SSSR count). The van der Waals surface area contributed by atoms with Gasteiger partial charge < -0.3 is 10.6 Å². The molecule has 2 aromatic carbocycles. The SMILES string of the molecule is CCC(=O)Nc1ccc(-c2cc(C(=O)NCc3ccccn3)c3ccccc3n2)cc1. The van der Waals surface area contributed by atoms with E-state index >= 15 is 0 Å². The van der Waals surface area contributed by atoms with Crippen LogP contribution in [-0.4, -0.2) is 21.8 Å². The van der Waals surface area contributed by atoms with Gasteiger partial charge in [-0.1, -0.05) is 43.3 Å². The molecule has 31 heavy (non-hydrogen) atoms. The second-order valence-electron chi connectivity index (χ2n) is 7.06. The first-order chi connectivity index (χ1) is 15.1. The quantitative estimate of drug-likeness (QED) is 0.487. The maximum Gasteiger partial charge on any atom is 0.252 e. The summed E-state index contributed by atoms with van der Waals surface area (Å²) in [5, 5.41) is 6.57. The Bertz CT molecular complexity index is 1220. The molecule has 0 radical (unpaired) electrons. The molecule has 0 aliphatic carbocycles. The molecule has 0 unspecified atom stereocenters. The van der Waals surface area contributed by atoms with E-state index in [4.69, 9.17) is 4.98 Å². The Morgan fingerprint density at radius 3 is 2.45 bits per heavy atom. The number of anilines is 1. The number of para-hydroxylation sites is 1. The van der Waals surface area contributed by atoms with Crippen molar-refractivity contribution < 1.29 is 9.59 Å². The largest absolute Gasteiger partial charge is 0.346 e. The molecule has 2 N–H and O–H groups in total. The number of fused-ring (bicyclic) bond motifs is 1. The Hall–Kier alpha value is -4.06. The molecule has 2 amide bonds. The zero-order valence-electron chi connectivity index (χ0n) is 17.1. The number of benzene rings is 2. The molecule has 0 spiro atoms. The summed E-state index contributed by atoms with van der Waals surface area (Å²) in [6.07, 6.45) is 2.12. The molecule has 2 heterocycles. The lowest BCUT2D eigenvalue weighted by Gasteiger charge is -2.11. The van der Waals surface area contributed by atoms with E-state index in [0.717, 1.165) is 27.8 Å². The van der Waals surface area contributed by atoms with Gasteiger partial charge in [0.25, 0.3) is 5.91 Å². The molecule has 0 saturated heterocycles. The highest BCUT2D eigenvalue weighted by Crippen LogP contribution is 2.26. The van der Waals surface area contributed by atoms with Crippen molar-refractivity contribution in [2.24, 2.45) is 0 Å². The van der Waals surface area contributed by atoms with Crippen LogP contribution < -0.4 is 10.6 Å². The Morgan fingerprint density at radius 2 is 1.71 bits per heavy atom. The summed E-state index contributed by atoms with van der Waals surface area (Å²) >= 11 is 0. The number of nitrogens with one attached hydrogen (secondary N) is 2. The van der Waals surface area contributed by atoms with Crippen molar-refractivity contribution in [3.63, 3.8) is 0 Å². The van der Waals surface area contributed by atoms with Crippen LogP contribution in [-0.2, 0) is 11.3 Å². The van der Waals surface area contributed by atoms with E-state index in [1.807, 2.05) is 73.7 Å². The molecule has 0 fully saturated rings. The zero-order valence-corrected chi connectivity index (χ0v) is 17.1. The minimum absolute atomic E-state index is 0.0385. The van der Waals surface area contributed by atoms with Gasteiger partial charge in [0.15, 0.2) is 0 Å². The van der Waals surface area contributed by atoms with Crippen LogP contribution in [0.25, 0.3) is 22.2 Å². The van der Waals surface area contributed by atoms with Crippen molar-refractivity contribution >= 4 is 28.4 Å². The van der Waals surface area contributed by atoms with E-state index in [2.05, 4.69) is 15.6 Å². The predicted molar refractivity (Wildman–Crippen MR) is 122 cm³/mol. The van der Waals surface area contributed by atoms with Crippen molar-refractivity contribution in [3.8, 4) is 11.3 Å². The predicted octanol–water partition coefficient (Wildman–Crippen LogP) is 4.58. The third-order valence-corrected chi connectivity index (χ3v) is 4.90. The minimum Gasteiger partial charge on any atom is -0.346 e. The van der Waals surface area contributed by atoms with Gasteiger partial charge in [-0.3, -0.25) is 14.6 Å². The van der Waals surface area contributed by atoms with Crippen molar-refractivity contribution in [2.75, 3.05) is 5.32 Å². The minimum atomic E-state index is -0.183. The number of hydrogen-bond acceptors (Lipinski definition) is 4. The van der Waals surface area contributed by atoms with Gasteiger partial charge in [0.1, 0.15) is 0 Å². The second kappa shape index (κ2) is 9.17. The number of aromatic nitrogens is 2. The number of hydrogen-bond donors (Lipinski definition) is 2. The molecular weight excluding hydrogens is 388 g/mol. The summed E-state index contributed by atoms with van der Waals surface area (Å²) in [5.41, 5.74) is 4.36. The molecule has 4 aromatic rings. The van der Waals surface area contributed by atoms with Crippen LogP contribution in [0.4, 0.5) is 5.69 Å². The average Bonchev–Trinajstić information content (AvgIpc) is 2.83. The first-order valence-electron chi connectivity index (χ1n) is 10.1. The monoisotopic (exact) mass is 410 g/mol. The Morgan fingerprint density at radius 1 is 0.935 bits per heavy atom. The zero-order chi connectivity index (χ0) is 21.6. The van der Waals surface area contributed by atoms with Crippen LogP contribution in [0.5, 0.6) is 0 Å². The van der Waals surface area contributed by atoms with Crippen LogP contribution in [0.3, 0.4) is 0 Å². The molecule has 0 saturated carbocycles. The molecule has 6 nitrogen and oxygen atoms in total. The number of amides is 2. The summed E-state index contributed by atoms with van der Waals surface area (Å²) in [5.74, 6) is -0.222. The molecule has 2 aromatic heterocycles. The van der Waals surface area contributed by atoms with Gasteiger partial charge in [-0.05, 0) is 36.4 Å². The topological polar surface area (TPSA) is 84.0 Å². The summed E-state index contributed by atoms with van der Waals surface area (Å²) in [6.45, 7) is 2.15. The van der Waals surface area contributed by atoms with Gasteiger partial charge in [-0.2, -0.15) is 0 Å². The first kappa shape index (κ1) is 20.2. The van der Waals surface area contributed by atoms with Crippen molar-refractivity contribution in [1.29, 1.82) is 0 Å². The number of nitrogens with zero attached hydrogens (tertiary/aromatic N) is 2. The Balaban J connectivity index is 1.64. The molecule has 0 aliphatic rings. The Labute approximate surface area is 180 Å². The lowest BCUT2D eigenvalue weighted by Crippen LogP contribution is -2.23. The van der Waals surface area contributed by atoms with Crippen LogP contribution in [0.15, 0.2) is 79.0 Å². The second-order valence-corrected chi connectivity index (χ2v) is 7.06. The van der Waals surface area contributed by atoms with E-state index in [0.29, 0.717) is 24.2 Å². The van der Waals surface area contributed by atoms with E-state index in [9.17, 15) is 9.59 Å². The van der Waals surface area contributed by atoms with Crippen LogP contribution in [0.2, 0.25) is 0 Å². The third-order valence-electron chi connectivity index (χ3n) is 4.90. The summed E-state index contributed by atoms with van der Waals surface area (Å²) in [7, 11) is 0. The van der Waals surface area contributed by atoms with Crippen LogP contribution in [0.1, 0.15) is 29.4 Å². The number of pyridine rings is 2. The van der Waals surface area contributed by atoms with Crippen molar-refractivity contribution in [3.05, 3.63) is 90.3 Å². The lowest BCUT2D eigenvalue weighted by atomic mass is 10.0. The van der Waals surface area contributed by atoms with Gasteiger partial charge in [-0.25, -0.2) is 4.98 Å². The van der Waals surface area contributed by atoms with E-state index < -0.39 is 0 Å².